The van der Waals surface area contributed by atoms with E-state index in [0.29, 0.717) is 23.5 Å². The molecule has 0 spiro atoms. The van der Waals surface area contributed by atoms with Crippen molar-refractivity contribution in [2.24, 2.45) is 26.7 Å². The fraction of sp³-hybridized carbons (Fsp3) is 0.296. The Bertz CT molecular complexity index is 1630. The van der Waals surface area contributed by atoms with Gasteiger partial charge in [-0.05, 0) is 55.0 Å². The first-order chi connectivity index (χ1) is 18.0. The molecular formula is C27H27N9O. The lowest BCUT2D eigenvalue weighted by atomic mass is 9.93. The standard InChI is InChI=1S/C27H27N9O/c1-15-5-4-6-16-11-18(32-26(21(15)16)35-9-2-3-10-35)13-36-25-22(24(28)30-14-31-25)23(34-36)17-7-8-20-19(12-17)33-27(29)37-20/h4-8,11-12,14,22,25H,2-3,9-10,13H2,1H3,(H2,29,33)(H2,28,30,31). The van der Waals surface area contributed by atoms with Gasteiger partial charge in [0.25, 0.3) is 6.01 Å². The highest BCUT2D eigenvalue weighted by Gasteiger charge is 2.42. The van der Waals surface area contributed by atoms with E-state index in [2.05, 4.69) is 51.1 Å². The molecule has 2 unspecified atom stereocenters. The minimum absolute atomic E-state index is 0.134. The summed E-state index contributed by atoms with van der Waals surface area (Å²) in [6.07, 6.45) is 3.61. The quantitative estimate of drug-likeness (QED) is 0.445. The molecular weight excluding hydrogens is 466 g/mol. The molecule has 0 aliphatic carbocycles. The number of hydrogen-bond acceptors (Lipinski definition) is 10. The maximum Gasteiger partial charge on any atom is 0.292 e. The largest absolute Gasteiger partial charge is 0.424 e. The van der Waals surface area contributed by atoms with Crippen LogP contribution in [-0.4, -0.2) is 52.1 Å². The van der Waals surface area contributed by atoms with Crippen LogP contribution in [0.4, 0.5) is 11.8 Å². The van der Waals surface area contributed by atoms with Gasteiger partial charge in [-0.1, -0.05) is 18.2 Å². The monoisotopic (exact) mass is 493 g/mol. The number of oxazole rings is 1. The van der Waals surface area contributed by atoms with E-state index in [-0.39, 0.29) is 18.1 Å². The van der Waals surface area contributed by atoms with Crippen LogP contribution in [0.1, 0.15) is 29.7 Å². The van der Waals surface area contributed by atoms with Crippen molar-refractivity contribution in [2.75, 3.05) is 23.7 Å². The molecule has 4 aromatic rings. The Morgan fingerprint density at radius 2 is 1.92 bits per heavy atom. The van der Waals surface area contributed by atoms with Crippen molar-refractivity contribution in [1.29, 1.82) is 0 Å². The van der Waals surface area contributed by atoms with E-state index in [1.54, 1.807) is 0 Å². The third-order valence-corrected chi connectivity index (χ3v) is 7.41. The molecule has 0 amide bonds. The van der Waals surface area contributed by atoms with Crippen LogP contribution < -0.4 is 16.4 Å². The van der Waals surface area contributed by atoms with E-state index in [1.165, 1.54) is 35.5 Å². The summed E-state index contributed by atoms with van der Waals surface area (Å²) in [4.78, 5) is 20.8. The minimum atomic E-state index is -0.296. The van der Waals surface area contributed by atoms with Gasteiger partial charge in [0, 0.05) is 24.0 Å². The van der Waals surface area contributed by atoms with E-state index in [4.69, 9.17) is 26.0 Å². The average Bonchev–Trinajstić information content (AvgIpc) is 3.62. The molecule has 5 heterocycles. The number of aryl methyl sites for hydroxylation is 1. The molecule has 0 bridgehead atoms. The molecule has 37 heavy (non-hydrogen) atoms. The molecule has 0 radical (unpaired) electrons. The fourth-order valence-electron chi connectivity index (χ4n) is 5.67. The van der Waals surface area contributed by atoms with E-state index in [0.717, 1.165) is 35.9 Å². The van der Waals surface area contributed by atoms with Gasteiger partial charge in [-0.15, -0.1) is 0 Å². The highest BCUT2D eigenvalue weighted by molar-refractivity contribution is 6.17. The number of aliphatic imine (C=N–C) groups is 2. The fourth-order valence-corrected chi connectivity index (χ4v) is 5.67. The molecule has 0 saturated carbocycles. The highest BCUT2D eigenvalue weighted by Crippen LogP contribution is 2.34. The van der Waals surface area contributed by atoms with Crippen LogP contribution in [0.25, 0.3) is 21.9 Å². The van der Waals surface area contributed by atoms with Crippen molar-refractivity contribution in [1.82, 2.24) is 15.0 Å². The zero-order valence-corrected chi connectivity index (χ0v) is 20.5. The summed E-state index contributed by atoms with van der Waals surface area (Å²) in [5, 5.41) is 9.40. The predicted molar refractivity (Wildman–Crippen MR) is 146 cm³/mol. The maximum atomic E-state index is 6.39. The van der Waals surface area contributed by atoms with Crippen LogP contribution in [0.15, 0.2) is 62.0 Å². The Morgan fingerprint density at radius 3 is 2.78 bits per heavy atom. The predicted octanol–water partition coefficient (Wildman–Crippen LogP) is 3.43. The Balaban J connectivity index is 1.30. The molecule has 1 saturated heterocycles. The lowest BCUT2D eigenvalue weighted by molar-refractivity contribution is 0.212. The molecule has 3 aliphatic rings. The number of hydrazone groups is 1. The lowest BCUT2D eigenvalue weighted by Gasteiger charge is -2.27. The number of aromatic nitrogens is 2. The normalized spacial score (nSPS) is 21.1. The Kier molecular flexibility index (Phi) is 4.88. The van der Waals surface area contributed by atoms with Gasteiger partial charge in [0.2, 0.25) is 0 Å². The summed E-state index contributed by atoms with van der Waals surface area (Å²) in [7, 11) is 0. The number of nitrogens with zero attached hydrogens (tertiary/aromatic N) is 7. The van der Waals surface area contributed by atoms with Gasteiger partial charge in [-0.2, -0.15) is 10.1 Å². The number of fused-ring (bicyclic) bond motifs is 3. The highest BCUT2D eigenvalue weighted by atomic mass is 16.4. The first kappa shape index (κ1) is 21.8. The summed E-state index contributed by atoms with van der Waals surface area (Å²) in [6.45, 7) is 4.72. The first-order valence-corrected chi connectivity index (χ1v) is 12.6. The molecule has 2 atom stereocenters. The second-order valence-corrected chi connectivity index (χ2v) is 9.83. The molecule has 10 nitrogen and oxygen atoms in total. The van der Waals surface area contributed by atoms with Gasteiger partial charge in [0.05, 0.1) is 18.0 Å². The van der Waals surface area contributed by atoms with Crippen LogP contribution >= 0.6 is 0 Å². The third-order valence-electron chi connectivity index (χ3n) is 7.41. The molecule has 186 valence electrons. The van der Waals surface area contributed by atoms with Gasteiger partial charge in [0.15, 0.2) is 11.7 Å². The van der Waals surface area contributed by atoms with E-state index in [9.17, 15) is 0 Å². The summed E-state index contributed by atoms with van der Waals surface area (Å²) in [5.74, 6) is 1.28. The molecule has 1 fully saturated rings. The van der Waals surface area contributed by atoms with Crippen LogP contribution in [0.5, 0.6) is 0 Å². The number of nitrogen functional groups attached to an aromatic ring is 1. The summed E-state index contributed by atoms with van der Waals surface area (Å²) < 4.78 is 5.44. The van der Waals surface area contributed by atoms with Gasteiger partial charge in [0.1, 0.15) is 29.4 Å². The average molecular weight is 494 g/mol. The van der Waals surface area contributed by atoms with Crippen molar-refractivity contribution in [3.63, 3.8) is 0 Å². The molecule has 2 aromatic carbocycles. The van der Waals surface area contributed by atoms with Crippen molar-refractivity contribution in [3.05, 3.63) is 59.3 Å². The second-order valence-electron chi connectivity index (χ2n) is 9.83. The molecule has 4 N–H and O–H groups in total. The van der Waals surface area contributed by atoms with E-state index < -0.39 is 0 Å². The summed E-state index contributed by atoms with van der Waals surface area (Å²) >= 11 is 0. The van der Waals surface area contributed by atoms with Gasteiger partial charge in [-0.25, -0.2) is 15.0 Å². The Hall–Kier alpha value is -4.47. The van der Waals surface area contributed by atoms with Gasteiger partial charge >= 0.3 is 0 Å². The number of pyridine rings is 1. The lowest BCUT2D eigenvalue weighted by Crippen LogP contribution is -2.42. The maximum absolute atomic E-state index is 6.39. The van der Waals surface area contributed by atoms with Crippen molar-refractivity contribution >= 4 is 51.6 Å². The number of hydrogen-bond donors (Lipinski definition) is 2. The van der Waals surface area contributed by atoms with E-state index in [1.807, 2.05) is 23.2 Å². The summed E-state index contributed by atoms with van der Waals surface area (Å²) in [5.41, 5.74) is 17.3. The molecule has 3 aliphatic heterocycles. The van der Waals surface area contributed by atoms with Crippen molar-refractivity contribution in [3.8, 4) is 0 Å². The van der Waals surface area contributed by atoms with Gasteiger partial charge < -0.3 is 20.8 Å². The smallest absolute Gasteiger partial charge is 0.292 e. The SMILES string of the molecule is Cc1cccc2cc(CN3N=C(c4ccc5oc(N)nc5c4)C4C(N)=NC=NC43)nc(N3CCCC3)c12. The van der Waals surface area contributed by atoms with Crippen molar-refractivity contribution in [2.45, 2.75) is 32.5 Å². The van der Waals surface area contributed by atoms with Crippen LogP contribution in [0.3, 0.4) is 0 Å². The zero-order chi connectivity index (χ0) is 25.1. The van der Waals surface area contributed by atoms with Crippen LogP contribution in [0.2, 0.25) is 0 Å². The Morgan fingerprint density at radius 1 is 1.05 bits per heavy atom. The number of benzene rings is 2. The Labute approximate surface area is 213 Å². The first-order valence-electron chi connectivity index (χ1n) is 12.6. The zero-order valence-electron chi connectivity index (χ0n) is 20.5. The van der Waals surface area contributed by atoms with E-state index >= 15 is 0 Å². The number of rotatable bonds is 4. The molecule has 2 aromatic heterocycles. The summed E-state index contributed by atoms with van der Waals surface area (Å²) in [6, 6.07) is 14.4. The number of amidine groups is 1. The minimum Gasteiger partial charge on any atom is -0.424 e. The second kappa shape index (κ2) is 8.29. The number of nitrogens with two attached hydrogens (primary N) is 2. The van der Waals surface area contributed by atoms with Crippen molar-refractivity contribution < 1.29 is 4.42 Å². The topological polar surface area (TPSA) is 135 Å². The van der Waals surface area contributed by atoms with Crippen LogP contribution in [-0.2, 0) is 6.54 Å². The van der Waals surface area contributed by atoms with Gasteiger partial charge in [-0.3, -0.25) is 5.01 Å². The number of anilines is 2. The molecule has 7 rings (SSSR count). The third kappa shape index (κ3) is 3.59. The molecule has 10 heteroatoms. The van der Waals surface area contributed by atoms with Crippen LogP contribution in [0, 0.1) is 12.8 Å².